The van der Waals surface area contributed by atoms with Gasteiger partial charge in [0.2, 0.25) is 0 Å². The molecule has 4 nitrogen and oxygen atoms in total. The molecule has 0 aromatic rings. The summed E-state index contributed by atoms with van der Waals surface area (Å²) in [5.74, 6) is 0.924. The molecule has 0 atom stereocenters. The van der Waals surface area contributed by atoms with E-state index in [1.54, 1.807) is 0 Å². The lowest BCUT2D eigenvalue weighted by Crippen LogP contribution is -2.47. The third-order valence-electron chi connectivity index (χ3n) is 3.82. The van der Waals surface area contributed by atoms with Crippen molar-refractivity contribution in [1.82, 2.24) is 10.6 Å². The van der Waals surface area contributed by atoms with Crippen LogP contribution in [0.5, 0.6) is 0 Å². The van der Waals surface area contributed by atoms with E-state index >= 15 is 0 Å². The van der Waals surface area contributed by atoms with Crippen molar-refractivity contribution in [1.29, 1.82) is 0 Å². The monoisotopic (exact) mass is 311 g/mol. The van der Waals surface area contributed by atoms with Crippen LogP contribution in [0, 0.1) is 0 Å². The minimum absolute atomic E-state index is 0.0504. The predicted molar refractivity (Wildman–Crippen MR) is 95.5 cm³/mol. The van der Waals surface area contributed by atoms with E-state index in [1.165, 1.54) is 38.5 Å². The minimum atomic E-state index is 0.0504. The van der Waals surface area contributed by atoms with E-state index in [9.17, 15) is 0 Å². The standard InChI is InChI=1S/C18H37N3O/c1-5-19-17(21-18(2,3)4)20-14-10-7-11-15-22-16-12-8-6-9-13-16/h16H,5-15H2,1-4H3,(H2,19,20,21). The number of aliphatic imine (C=N–C) groups is 1. The molecule has 0 saturated heterocycles. The molecule has 1 saturated carbocycles. The zero-order valence-electron chi connectivity index (χ0n) is 15.2. The summed E-state index contributed by atoms with van der Waals surface area (Å²) in [6.07, 6.45) is 10.7. The molecule has 2 N–H and O–H groups in total. The molecular formula is C18H37N3O. The van der Waals surface area contributed by atoms with Gasteiger partial charge in [-0.25, -0.2) is 0 Å². The van der Waals surface area contributed by atoms with Crippen LogP contribution in [0.25, 0.3) is 0 Å². The molecule has 0 aromatic carbocycles. The molecule has 0 unspecified atom stereocenters. The topological polar surface area (TPSA) is 45.7 Å². The molecule has 1 fully saturated rings. The van der Waals surface area contributed by atoms with Gasteiger partial charge in [-0.2, -0.15) is 0 Å². The van der Waals surface area contributed by atoms with Crippen molar-refractivity contribution in [3.05, 3.63) is 0 Å². The second-order valence-electron chi connectivity index (χ2n) is 7.33. The van der Waals surface area contributed by atoms with Crippen LogP contribution in [-0.4, -0.2) is 37.3 Å². The lowest BCUT2D eigenvalue weighted by molar-refractivity contribution is 0.0264. The number of ether oxygens (including phenoxy) is 1. The third kappa shape index (κ3) is 10.0. The SMILES string of the molecule is CCNC(=NCCCCCOC1CCCCC1)NC(C)(C)C. The fourth-order valence-electron chi connectivity index (χ4n) is 2.73. The Hall–Kier alpha value is -0.770. The highest BCUT2D eigenvalue weighted by Crippen LogP contribution is 2.20. The number of unbranched alkanes of at least 4 members (excludes halogenated alkanes) is 2. The van der Waals surface area contributed by atoms with Gasteiger partial charge in [0, 0.05) is 25.2 Å². The van der Waals surface area contributed by atoms with E-state index in [-0.39, 0.29) is 5.54 Å². The van der Waals surface area contributed by atoms with Crippen molar-refractivity contribution in [3.8, 4) is 0 Å². The number of guanidine groups is 1. The molecule has 0 spiro atoms. The highest BCUT2D eigenvalue weighted by atomic mass is 16.5. The summed E-state index contributed by atoms with van der Waals surface area (Å²) >= 11 is 0. The Kier molecular flexibility index (Phi) is 9.53. The van der Waals surface area contributed by atoms with Gasteiger partial charge in [0.25, 0.3) is 0 Å². The van der Waals surface area contributed by atoms with Crippen molar-refractivity contribution in [2.75, 3.05) is 19.7 Å². The summed E-state index contributed by atoms with van der Waals surface area (Å²) in [5, 5.41) is 6.71. The van der Waals surface area contributed by atoms with Gasteiger partial charge in [0.05, 0.1) is 6.10 Å². The first-order chi connectivity index (χ1) is 10.5. The minimum Gasteiger partial charge on any atom is -0.378 e. The quantitative estimate of drug-likeness (QED) is 0.406. The van der Waals surface area contributed by atoms with E-state index in [1.807, 2.05) is 0 Å². The van der Waals surface area contributed by atoms with Gasteiger partial charge in [-0.3, -0.25) is 4.99 Å². The summed E-state index contributed by atoms with van der Waals surface area (Å²) < 4.78 is 5.95. The normalized spacial score (nSPS) is 17.5. The Bertz CT molecular complexity index is 304. The first-order valence-corrected chi connectivity index (χ1v) is 9.19. The molecule has 4 heteroatoms. The van der Waals surface area contributed by atoms with E-state index in [0.29, 0.717) is 6.10 Å². The summed E-state index contributed by atoms with van der Waals surface area (Å²) in [4.78, 5) is 4.64. The molecule has 0 aliphatic heterocycles. The molecule has 0 aromatic heterocycles. The van der Waals surface area contributed by atoms with Crippen LogP contribution in [0.15, 0.2) is 4.99 Å². The van der Waals surface area contributed by atoms with Crippen molar-refractivity contribution in [2.24, 2.45) is 4.99 Å². The number of hydrogen-bond acceptors (Lipinski definition) is 2. The molecule has 130 valence electrons. The summed E-state index contributed by atoms with van der Waals surface area (Å²) in [6.45, 7) is 11.3. The fourth-order valence-corrected chi connectivity index (χ4v) is 2.73. The number of hydrogen-bond donors (Lipinski definition) is 2. The van der Waals surface area contributed by atoms with E-state index in [2.05, 4.69) is 43.3 Å². The Morgan fingerprint density at radius 3 is 2.45 bits per heavy atom. The van der Waals surface area contributed by atoms with E-state index in [0.717, 1.165) is 38.5 Å². The van der Waals surface area contributed by atoms with Crippen LogP contribution >= 0.6 is 0 Å². The zero-order chi connectivity index (χ0) is 16.3. The average molecular weight is 312 g/mol. The molecule has 0 amide bonds. The average Bonchev–Trinajstić information content (AvgIpc) is 2.46. The van der Waals surface area contributed by atoms with Gasteiger partial charge in [-0.15, -0.1) is 0 Å². The van der Waals surface area contributed by atoms with Crippen LogP contribution in [0.1, 0.15) is 79.1 Å². The largest absolute Gasteiger partial charge is 0.378 e. The van der Waals surface area contributed by atoms with Crippen molar-refractivity contribution in [2.45, 2.75) is 90.7 Å². The Balaban J connectivity index is 2.07. The molecule has 0 heterocycles. The second-order valence-corrected chi connectivity index (χ2v) is 7.33. The van der Waals surface area contributed by atoms with Crippen LogP contribution in [0.4, 0.5) is 0 Å². The molecule has 1 rings (SSSR count). The van der Waals surface area contributed by atoms with E-state index < -0.39 is 0 Å². The Labute approximate surface area is 137 Å². The first-order valence-electron chi connectivity index (χ1n) is 9.19. The number of rotatable bonds is 8. The maximum atomic E-state index is 5.95. The lowest BCUT2D eigenvalue weighted by Gasteiger charge is -2.23. The molecule has 1 aliphatic rings. The van der Waals surface area contributed by atoms with Gasteiger partial charge in [0.15, 0.2) is 5.96 Å². The summed E-state index contributed by atoms with van der Waals surface area (Å²) in [7, 11) is 0. The highest BCUT2D eigenvalue weighted by molar-refractivity contribution is 5.80. The molecule has 0 bridgehead atoms. The van der Waals surface area contributed by atoms with Gasteiger partial charge in [-0.1, -0.05) is 19.3 Å². The molecular weight excluding hydrogens is 274 g/mol. The summed E-state index contributed by atoms with van der Waals surface area (Å²) in [5.41, 5.74) is 0.0504. The maximum absolute atomic E-state index is 5.95. The third-order valence-corrected chi connectivity index (χ3v) is 3.82. The first kappa shape index (κ1) is 19.3. The van der Waals surface area contributed by atoms with Gasteiger partial charge >= 0.3 is 0 Å². The molecule has 0 radical (unpaired) electrons. The Morgan fingerprint density at radius 1 is 1.09 bits per heavy atom. The number of nitrogens with one attached hydrogen (secondary N) is 2. The maximum Gasteiger partial charge on any atom is 0.191 e. The van der Waals surface area contributed by atoms with Crippen molar-refractivity contribution in [3.63, 3.8) is 0 Å². The Morgan fingerprint density at radius 2 is 1.82 bits per heavy atom. The van der Waals surface area contributed by atoms with Gasteiger partial charge in [-0.05, 0) is 59.8 Å². The van der Waals surface area contributed by atoms with Crippen LogP contribution < -0.4 is 10.6 Å². The van der Waals surface area contributed by atoms with Crippen LogP contribution in [0.2, 0.25) is 0 Å². The van der Waals surface area contributed by atoms with Crippen LogP contribution in [0.3, 0.4) is 0 Å². The highest BCUT2D eigenvalue weighted by Gasteiger charge is 2.13. The van der Waals surface area contributed by atoms with Crippen molar-refractivity contribution < 1.29 is 4.74 Å². The van der Waals surface area contributed by atoms with Crippen molar-refractivity contribution >= 4 is 5.96 Å². The second kappa shape index (κ2) is 10.9. The van der Waals surface area contributed by atoms with Crippen LogP contribution in [-0.2, 0) is 4.74 Å². The summed E-state index contributed by atoms with van der Waals surface area (Å²) in [6, 6.07) is 0. The van der Waals surface area contributed by atoms with Gasteiger partial charge in [0.1, 0.15) is 0 Å². The fraction of sp³-hybridized carbons (Fsp3) is 0.944. The lowest BCUT2D eigenvalue weighted by atomic mass is 9.98. The number of nitrogens with zero attached hydrogens (tertiary/aromatic N) is 1. The smallest absolute Gasteiger partial charge is 0.191 e. The molecule has 1 aliphatic carbocycles. The van der Waals surface area contributed by atoms with E-state index in [4.69, 9.17) is 4.74 Å². The van der Waals surface area contributed by atoms with Gasteiger partial charge < -0.3 is 15.4 Å². The zero-order valence-corrected chi connectivity index (χ0v) is 15.2. The molecule has 22 heavy (non-hydrogen) atoms. The predicted octanol–water partition coefficient (Wildman–Crippen LogP) is 3.86.